The molecule has 0 bridgehead atoms. The van der Waals surface area contributed by atoms with E-state index in [0.29, 0.717) is 6.20 Å². The van der Waals surface area contributed by atoms with Crippen LogP contribution in [0.5, 0.6) is 5.75 Å². The highest BCUT2D eigenvalue weighted by Gasteiger charge is 2.60. The summed E-state index contributed by atoms with van der Waals surface area (Å²) in [6.07, 6.45) is -5.98. The standard InChI is InChI=1S/C20H13F7N2O2/c1-29-9-13(19(23,24)20(25,26)27)17(10-29)31-18(30)28-16-5-3-2-4-12(16)11-6-7-14(21)15(22)8-11/h2-10H,1H3,(H,28,30). The fourth-order valence-corrected chi connectivity index (χ4v) is 2.77. The Morgan fingerprint density at radius 1 is 0.968 bits per heavy atom. The Bertz CT molecular complexity index is 1120. The molecule has 0 saturated carbocycles. The van der Waals surface area contributed by atoms with Gasteiger partial charge < -0.3 is 9.30 Å². The van der Waals surface area contributed by atoms with Gasteiger partial charge in [-0.25, -0.2) is 13.6 Å². The number of para-hydroxylation sites is 1. The number of carbonyl (C=O) groups is 1. The van der Waals surface area contributed by atoms with Crippen LogP contribution >= 0.6 is 0 Å². The van der Waals surface area contributed by atoms with Crippen molar-refractivity contribution in [3.8, 4) is 16.9 Å². The number of alkyl halides is 5. The molecule has 1 amide bonds. The molecule has 1 aromatic heterocycles. The third kappa shape index (κ3) is 4.49. The van der Waals surface area contributed by atoms with Crippen molar-refractivity contribution < 1.29 is 40.3 Å². The molecule has 0 fully saturated rings. The molecule has 0 spiro atoms. The summed E-state index contributed by atoms with van der Waals surface area (Å²) in [5, 5.41) is 2.21. The van der Waals surface area contributed by atoms with Crippen molar-refractivity contribution in [3.05, 3.63) is 72.1 Å². The molecule has 11 heteroatoms. The molecule has 0 atom stereocenters. The number of nitrogens with zero attached hydrogens (tertiary/aromatic N) is 1. The third-order valence-corrected chi connectivity index (χ3v) is 4.21. The summed E-state index contributed by atoms with van der Waals surface area (Å²) >= 11 is 0. The van der Waals surface area contributed by atoms with E-state index in [0.717, 1.165) is 22.9 Å². The van der Waals surface area contributed by atoms with Crippen LogP contribution in [0.25, 0.3) is 11.1 Å². The van der Waals surface area contributed by atoms with Crippen LogP contribution < -0.4 is 10.1 Å². The van der Waals surface area contributed by atoms with E-state index in [1.54, 1.807) is 0 Å². The molecule has 0 aliphatic heterocycles. The number of ether oxygens (including phenoxy) is 1. The first kappa shape index (κ1) is 22.2. The number of carbonyl (C=O) groups excluding carboxylic acids is 1. The van der Waals surface area contributed by atoms with Crippen LogP contribution in [-0.2, 0) is 13.0 Å². The highest BCUT2D eigenvalue weighted by molar-refractivity contribution is 5.92. The van der Waals surface area contributed by atoms with Gasteiger partial charge in [-0.3, -0.25) is 5.32 Å². The highest BCUT2D eigenvalue weighted by Crippen LogP contribution is 2.47. The van der Waals surface area contributed by atoms with Gasteiger partial charge in [0.1, 0.15) is 0 Å². The van der Waals surface area contributed by atoms with Crippen molar-refractivity contribution in [1.82, 2.24) is 4.57 Å². The van der Waals surface area contributed by atoms with E-state index in [2.05, 4.69) is 5.32 Å². The SMILES string of the molecule is Cn1cc(OC(=O)Nc2ccccc2-c2ccc(F)c(F)c2)c(C(F)(F)C(F)(F)F)c1. The molecule has 3 aromatic rings. The highest BCUT2D eigenvalue weighted by atomic mass is 19.4. The van der Waals surface area contributed by atoms with E-state index in [-0.39, 0.29) is 16.8 Å². The predicted octanol–water partition coefficient (Wildman–Crippen LogP) is 6.24. The van der Waals surface area contributed by atoms with Crippen molar-refractivity contribution >= 4 is 11.8 Å². The van der Waals surface area contributed by atoms with Gasteiger partial charge in [0.05, 0.1) is 11.3 Å². The second kappa shape index (κ2) is 7.97. The molecule has 1 heterocycles. The number of hydrogen-bond donors (Lipinski definition) is 1. The van der Waals surface area contributed by atoms with Gasteiger partial charge in [-0.2, -0.15) is 22.0 Å². The smallest absolute Gasteiger partial charge is 0.408 e. The predicted molar refractivity (Wildman–Crippen MR) is 96.8 cm³/mol. The van der Waals surface area contributed by atoms with Crippen molar-refractivity contribution in [2.24, 2.45) is 7.05 Å². The van der Waals surface area contributed by atoms with E-state index in [4.69, 9.17) is 4.74 Å². The van der Waals surface area contributed by atoms with Crippen molar-refractivity contribution in [1.29, 1.82) is 0 Å². The van der Waals surface area contributed by atoms with E-state index in [1.807, 2.05) is 0 Å². The average Bonchev–Trinajstić information content (AvgIpc) is 3.04. The minimum Gasteiger partial charge on any atom is -0.408 e. The van der Waals surface area contributed by atoms with Gasteiger partial charge in [0, 0.05) is 25.0 Å². The quantitative estimate of drug-likeness (QED) is 0.483. The summed E-state index contributed by atoms with van der Waals surface area (Å²) in [5.74, 6) is -8.48. The van der Waals surface area contributed by atoms with Gasteiger partial charge in [0.25, 0.3) is 0 Å². The Hall–Kier alpha value is -3.50. The summed E-state index contributed by atoms with van der Waals surface area (Å²) < 4.78 is 98.0. The lowest BCUT2D eigenvalue weighted by Crippen LogP contribution is -2.34. The minimum absolute atomic E-state index is 0.0265. The number of nitrogens with one attached hydrogen (secondary N) is 1. The molecular weight excluding hydrogens is 433 g/mol. The van der Waals surface area contributed by atoms with Crippen molar-refractivity contribution in [2.75, 3.05) is 5.32 Å². The molecule has 0 unspecified atom stereocenters. The lowest BCUT2D eigenvalue weighted by atomic mass is 10.0. The van der Waals surface area contributed by atoms with Crippen LogP contribution in [0.4, 0.5) is 41.2 Å². The molecule has 3 rings (SSSR count). The van der Waals surface area contributed by atoms with Crippen LogP contribution in [-0.4, -0.2) is 16.8 Å². The number of benzene rings is 2. The van der Waals surface area contributed by atoms with Crippen LogP contribution in [0, 0.1) is 11.6 Å². The zero-order chi connectivity index (χ0) is 23.0. The summed E-state index contributed by atoms with van der Waals surface area (Å²) in [6, 6.07) is 8.80. The molecular formula is C20H13F7N2O2. The van der Waals surface area contributed by atoms with E-state index >= 15 is 0 Å². The van der Waals surface area contributed by atoms with E-state index in [1.165, 1.54) is 37.4 Å². The molecule has 0 radical (unpaired) electrons. The van der Waals surface area contributed by atoms with Crippen molar-refractivity contribution in [2.45, 2.75) is 12.1 Å². The van der Waals surface area contributed by atoms with Crippen LogP contribution in [0.1, 0.15) is 5.56 Å². The first-order valence-corrected chi connectivity index (χ1v) is 8.54. The average molecular weight is 446 g/mol. The van der Waals surface area contributed by atoms with Crippen LogP contribution in [0.15, 0.2) is 54.9 Å². The molecule has 0 aliphatic rings. The largest absolute Gasteiger partial charge is 0.458 e. The normalized spacial score (nSPS) is 12.0. The molecule has 2 aromatic carbocycles. The molecule has 1 N–H and O–H groups in total. The zero-order valence-electron chi connectivity index (χ0n) is 15.6. The van der Waals surface area contributed by atoms with Crippen LogP contribution in [0.3, 0.4) is 0 Å². The Morgan fingerprint density at radius 3 is 2.29 bits per heavy atom. The summed E-state index contributed by atoms with van der Waals surface area (Å²) in [5.41, 5.74) is -1.10. The molecule has 4 nitrogen and oxygen atoms in total. The lowest BCUT2D eigenvalue weighted by Gasteiger charge is -2.19. The summed E-state index contributed by atoms with van der Waals surface area (Å²) in [6.45, 7) is 0. The first-order chi connectivity index (χ1) is 14.4. The van der Waals surface area contributed by atoms with Gasteiger partial charge in [-0.05, 0) is 23.8 Å². The van der Waals surface area contributed by atoms with E-state index in [9.17, 15) is 35.5 Å². The fourth-order valence-electron chi connectivity index (χ4n) is 2.77. The van der Waals surface area contributed by atoms with Crippen LogP contribution in [0.2, 0.25) is 0 Å². The Labute approximate surface area is 170 Å². The second-order valence-corrected chi connectivity index (χ2v) is 6.46. The monoisotopic (exact) mass is 446 g/mol. The molecule has 0 saturated heterocycles. The second-order valence-electron chi connectivity index (χ2n) is 6.46. The molecule has 31 heavy (non-hydrogen) atoms. The number of aromatic nitrogens is 1. The number of aryl methyl sites for hydroxylation is 1. The van der Waals surface area contributed by atoms with E-state index < -0.39 is 41.1 Å². The fraction of sp³-hybridized carbons (Fsp3) is 0.150. The van der Waals surface area contributed by atoms with Crippen molar-refractivity contribution in [3.63, 3.8) is 0 Å². The number of rotatable bonds is 4. The van der Waals surface area contributed by atoms with Gasteiger partial charge in [0.2, 0.25) is 0 Å². The topological polar surface area (TPSA) is 43.3 Å². The maximum Gasteiger partial charge on any atom is 0.458 e. The number of halogens is 7. The summed E-state index contributed by atoms with van der Waals surface area (Å²) in [7, 11) is 1.18. The zero-order valence-corrected chi connectivity index (χ0v) is 15.6. The summed E-state index contributed by atoms with van der Waals surface area (Å²) in [4.78, 5) is 12.2. The molecule has 0 aliphatic carbocycles. The maximum atomic E-state index is 13.8. The number of anilines is 1. The third-order valence-electron chi connectivity index (χ3n) is 4.21. The molecule has 164 valence electrons. The van der Waals surface area contributed by atoms with Gasteiger partial charge in [-0.1, -0.05) is 24.3 Å². The minimum atomic E-state index is -5.90. The van der Waals surface area contributed by atoms with Gasteiger partial charge >= 0.3 is 18.2 Å². The lowest BCUT2D eigenvalue weighted by molar-refractivity contribution is -0.289. The number of amides is 1. The van der Waals surface area contributed by atoms with Gasteiger partial charge in [0.15, 0.2) is 17.4 Å². The number of hydrogen-bond acceptors (Lipinski definition) is 2. The Morgan fingerprint density at radius 2 is 1.65 bits per heavy atom. The Kier molecular flexibility index (Phi) is 5.70. The van der Waals surface area contributed by atoms with Gasteiger partial charge in [-0.15, -0.1) is 0 Å². The maximum absolute atomic E-state index is 13.8. The first-order valence-electron chi connectivity index (χ1n) is 8.54. The Balaban J connectivity index is 1.88.